The molecule has 3 aromatic rings. The van der Waals surface area contributed by atoms with E-state index in [-0.39, 0.29) is 11.7 Å². The van der Waals surface area contributed by atoms with Gasteiger partial charge in [0, 0.05) is 18.2 Å². The largest absolute Gasteiger partial charge is 0.349 e. The van der Waals surface area contributed by atoms with Crippen molar-refractivity contribution in [1.29, 1.82) is 0 Å². The Balaban J connectivity index is 1.75. The maximum atomic E-state index is 14.2. The van der Waals surface area contributed by atoms with E-state index in [1.165, 1.54) is 18.3 Å². The number of aromatic nitrogens is 2. The van der Waals surface area contributed by atoms with E-state index in [2.05, 4.69) is 9.97 Å². The minimum atomic E-state index is -0.526. The van der Waals surface area contributed by atoms with E-state index in [9.17, 15) is 18.9 Å². The highest BCUT2D eigenvalue weighted by Crippen LogP contribution is 2.37. The lowest BCUT2D eigenvalue weighted by Gasteiger charge is -2.26. The summed E-state index contributed by atoms with van der Waals surface area (Å²) in [6.07, 6.45) is 2.67. The third-order valence-electron chi connectivity index (χ3n) is 4.58. The van der Waals surface area contributed by atoms with Crippen molar-refractivity contribution in [3.8, 4) is 0 Å². The van der Waals surface area contributed by atoms with Gasteiger partial charge in [0.25, 0.3) is 5.69 Å². The number of hydrogen-bond donors (Lipinski definition) is 0. The topological polar surface area (TPSA) is 72.2 Å². The second-order valence-corrected chi connectivity index (χ2v) is 6.18. The van der Waals surface area contributed by atoms with E-state index in [1.54, 1.807) is 12.1 Å². The van der Waals surface area contributed by atoms with Crippen molar-refractivity contribution in [2.24, 2.45) is 0 Å². The summed E-state index contributed by atoms with van der Waals surface area (Å²) < 4.78 is 27.8. The quantitative estimate of drug-likeness (QED) is 0.520. The Labute approximate surface area is 147 Å². The summed E-state index contributed by atoms with van der Waals surface area (Å²) in [5, 5.41) is 10.9. The molecule has 0 aliphatic carbocycles. The smallest absolute Gasteiger partial charge is 0.289 e. The van der Waals surface area contributed by atoms with Gasteiger partial charge in [-0.1, -0.05) is 0 Å². The van der Waals surface area contributed by atoms with Crippen molar-refractivity contribution < 1.29 is 13.7 Å². The average Bonchev–Trinajstić information content (AvgIpc) is 3.12. The first-order chi connectivity index (χ1) is 12.5. The monoisotopic (exact) mass is 356 g/mol. The van der Waals surface area contributed by atoms with Gasteiger partial charge in [-0.05, 0) is 43.2 Å². The third-order valence-corrected chi connectivity index (χ3v) is 4.58. The Morgan fingerprint density at radius 2 is 2.00 bits per heavy atom. The summed E-state index contributed by atoms with van der Waals surface area (Å²) in [7, 11) is 0. The fraction of sp³-hybridized carbons (Fsp3) is 0.222. The maximum absolute atomic E-state index is 14.2. The van der Waals surface area contributed by atoms with Crippen LogP contribution in [-0.2, 0) is 0 Å². The predicted molar refractivity (Wildman–Crippen MR) is 91.9 cm³/mol. The molecule has 0 spiro atoms. The highest BCUT2D eigenvalue weighted by Gasteiger charge is 2.29. The number of anilines is 1. The fourth-order valence-electron chi connectivity index (χ4n) is 3.38. The highest BCUT2D eigenvalue weighted by atomic mass is 19.1. The minimum Gasteiger partial charge on any atom is -0.349 e. The molecule has 1 atom stereocenters. The van der Waals surface area contributed by atoms with Crippen LogP contribution < -0.4 is 4.90 Å². The van der Waals surface area contributed by atoms with Gasteiger partial charge in [0.2, 0.25) is 0 Å². The first kappa shape index (κ1) is 16.3. The SMILES string of the molecule is O=[N+]([O-])c1cnc2ccc(N3CCC[C@@H]3c3cc(F)ccc3F)nc2c1. The summed E-state index contributed by atoms with van der Waals surface area (Å²) in [5.41, 5.74) is 1.08. The van der Waals surface area contributed by atoms with Gasteiger partial charge in [0.05, 0.1) is 22.0 Å². The lowest BCUT2D eigenvalue weighted by Crippen LogP contribution is -2.24. The molecular weight excluding hydrogens is 342 g/mol. The van der Waals surface area contributed by atoms with Gasteiger partial charge >= 0.3 is 0 Å². The number of nitrogens with zero attached hydrogens (tertiary/aromatic N) is 4. The van der Waals surface area contributed by atoms with Crippen LogP contribution in [-0.4, -0.2) is 21.4 Å². The van der Waals surface area contributed by atoms with Crippen LogP contribution in [0.2, 0.25) is 0 Å². The molecule has 8 heteroatoms. The molecule has 0 bridgehead atoms. The lowest BCUT2D eigenvalue weighted by molar-refractivity contribution is -0.385. The molecule has 4 rings (SSSR count). The summed E-state index contributed by atoms with van der Waals surface area (Å²) in [5.74, 6) is -0.383. The van der Waals surface area contributed by atoms with Crippen LogP contribution in [0, 0.1) is 21.7 Å². The molecule has 132 valence electrons. The molecule has 0 radical (unpaired) electrons. The standard InChI is InChI=1S/C18H14F2N4O2/c19-11-3-4-14(20)13(8-11)17-2-1-7-23(17)18-6-5-15-16(22-18)9-12(10-21-15)24(25)26/h3-6,8-10,17H,1-2,7H2/t17-/m1/s1. The molecule has 6 nitrogen and oxygen atoms in total. The van der Waals surface area contributed by atoms with Crippen LogP contribution in [0.4, 0.5) is 20.3 Å². The molecule has 1 aliphatic heterocycles. The zero-order chi connectivity index (χ0) is 18.3. The second kappa shape index (κ2) is 6.29. The van der Waals surface area contributed by atoms with Crippen LogP contribution in [0.3, 0.4) is 0 Å². The Kier molecular flexibility index (Phi) is 3.95. The van der Waals surface area contributed by atoms with Crippen LogP contribution >= 0.6 is 0 Å². The van der Waals surface area contributed by atoms with E-state index in [0.717, 1.165) is 18.6 Å². The maximum Gasteiger partial charge on any atom is 0.289 e. The molecule has 0 N–H and O–H groups in total. The first-order valence-electron chi connectivity index (χ1n) is 8.16. The number of benzene rings is 1. The van der Waals surface area contributed by atoms with Crippen LogP contribution in [0.5, 0.6) is 0 Å². The van der Waals surface area contributed by atoms with Gasteiger partial charge in [-0.15, -0.1) is 0 Å². The van der Waals surface area contributed by atoms with Gasteiger partial charge < -0.3 is 4.90 Å². The number of halogens is 2. The minimum absolute atomic E-state index is 0.142. The second-order valence-electron chi connectivity index (χ2n) is 6.18. The normalized spacial score (nSPS) is 17.0. The molecule has 26 heavy (non-hydrogen) atoms. The molecule has 2 aromatic heterocycles. The van der Waals surface area contributed by atoms with E-state index in [1.807, 2.05) is 4.90 Å². The van der Waals surface area contributed by atoms with Gasteiger partial charge in [0.15, 0.2) is 0 Å². The summed E-state index contributed by atoms with van der Waals surface area (Å²) in [6.45, 7) is 0.640. The fourth-order valence-corrected chi connectivity index (χ4v) is 3.38. The molecule has 1 aliphatic rings. The summed E-state index contributed by atoms with van der Waals surface area (Å²) >= 11 is 0. The van der Waals surface area contributed by atoms with Crippen molar-refractivity contribution in [1.82, 2.24) is 9.97 Å². The number of hydrogen-bond acceptors (Lipinski definition) is 5. The van der Waals surface area contributed by atoms with E-state index >= 15 is 0 Å². The molecule has 0 unspecified atom stereocenters. The van der Waals surface area contributed by atoms with Crippen molar-refractivity contribution >= 4 is 22.5 Å². The van der Waals surface area contributed by atoms with Gasteiger partial charge in [-0.3, -0.25) is 10.1 Å². The molecule has 1 aromatic carbocycles. The first-order valence-corrected chi connectivity index (χ1v) is 8.16. The van der Waals surface area contributed by atoms with Crippen molar-refractivity contribution in [3.05, 3.63) is 69.9 Å². The van der Waals surface area contributed by atoms with E-state index in [4.69, 9.17) is 0 Å². The van der Waals surface area contributed by atoms with Crippen LogP contribution in [0.15, 0.2) is 42.6 Å². The zero-order valence-corrected chi connectivity index (χ0v) is 13.6. The van der Waals surface area contributed by atoms with Crippen molar-refractivity contribution in [2.75, 3.05) is 11.4 Å². The van der Waals surface area contributed by atoms with Gasteiger partial charge in [-0.25, -0.2) is 18.7 Å². The predicted octanol–water partition coefficient (Wildman–Crippen LogP) is 4.16. The van der Waals surface area contributed by atoms with E-state index < -0.39 is 16.6 Å². The highest BCUT2D eigenvalue weighted by molar-refractivity contribution is 5.78. The van der Waals surface area contributed by atoms with E-state index in [0.29, 0.717) is 35.4 Å². The van der Waals surface area contributed by atoms with Gasteiger partial charge in [-0.2, -0.15) is 0 Å². The Morgan fingerprint density at radius 1 is 1.15 bits per heavy atom. The van der Waals surface area contributed by atoms with Crippen molar-refractivity contribution in [2.45, 2.75) is 18.9 Å². The number of fused-ring (bicyclic) bond motifs is 1. The lowest BCUT2D eigenvalue weighted by atomic mass is 10.0. The average molecular weight is 356 g/mol. The molecule has 0 amide bonds. The molecule has 1 saturated heterocycles. The molecule has 3 heterocycles. The van der Waals surface area contributed by atoms with Gasteiger partial charge in [0.1, 0.15) is 23.6 Å². The van der Waals surface area contributed by atoms with Crippen LogP contribution in [0.25, 0.3) is 11.0 Å². The number of pyridine rings is 2. The Hall–Kier alpha value is -3.16. The Morgan fingerprint density at radius 3 is 2.81 bits per heavy atom. The Bertz CT molecular complexity index is 1010. The molecule has 1 fully saturated rings. The van der Waals surface area contributed by atoms with Crippen molar-refractivity contribution in [3.63, 3.8) is 0 Å². The zero-order valence-electron chi connectivity index (χ0n) is 13.6. The number of rotatable bonds is 3. The third kappa shape index (κ3) is 2.83. The molecule has 0 saturated carbocycles. The summed E-state index contributed by atoms with van der Waals surface area (Å²) in [6, 6.07) is 7.93. The summed E-state index contributed by atoms with van der Waals surface area (Å²) in [4.78, 5) is 20.8. The van der Waals surface area contributed by atoms with Crippen LogP contribution in [0.1, 0.15) is 24.4 Å². The number of nitro groups is 1. The molecular formula is C18H14F2N4O2.